The third-order valence-electron chi connectivity index (χ3n) is 0. The van der Waals surface area contributed by atoms with E-state index in [0.29, 0.717) is 0 Å². The van der Waals surface area contributed by atoms with Crippen LogP contribution in [0.3, 0.4) is 0 Å². The van der Waals surface area contributed by atoms with E-state index in [9.17, 15) is 0 Å². The van der Waals surface area contributed by atoms with Crippen molar-refractivity contribution < 1.29 is 55.7 Å². The van der Waals surface area contributed by atoms with Gasteiger partial charge in [0.15, 0.2) is 0 Å². The van der Waals surface area contributed by atoms with Crippen LogP contribution < -0.4 is 0 Å². The molecular formula is H4Al2Ba2Co2O3. The Kier molecular flexibility index (Phi) is 762. The Morgan fingerprint density at radius 2 is 0.556 bits per heavy atom. The molecule has 0 spiro atoms. The fraction of sp³-hybridized carbons (Fsp3) is 0. The van der Waals surface area contributed by atoms with Crippen LogP contribution in [-0.2, 0) is 50.0 Å². The summed E-state index contributed by atoms with van der Waals surface area (Å²) < 4.78 is 0. The third kappa shape index (κ3) is 62.0. The van der Waals surface area contributed by atoms with Gasteiger partial charge in [0.2, 0.25) is 0 Å². The molecule has 9 heavy (non-hydrogen) atoms. The SMILES string of the molecule is [Al+3].[Al+3].[Ba+2].[Ba+2].[Co].[Co].[H-].[H-].[H-].[H-].[O-2].[O-2].[O-2]. The van der Waals surface area contributed by atoms with Crippen LogP contribution in [0.1, 0.15) is 5.71 Å². The molecule has 0 aliphatic rings. The van der Waals surface area contributed by atoms with Gasteiger partial charge in [-0.2, -0.15) is 0 Å². The monoisotopic (exact) mass is 500 g/mol. The Labute approximate surface area is 183 Å². The molecule has 0 bridgehead atoms. The van der Waals surface area contributed by atoms with Crippen molar-refractivity contribution in [3.8, 4) is 0 Å². The standard InChI is InChI=1S/2Al.2Ba.2Co.3O.4H/q2*+3;2*+2;;;3*-2;4*-1. The molecule has 0 saturated carbocycles. The molecule has 0 heterocycles. The maximum absolute atomic E-state index is 0. The van der Waals surface area contributed by atoms with E-state index in [1.807, 2.05) is 0 Å². The van der Waals surface area contributed by atoms with Crippen molar-refractivity contribution in [3.05, 3.63) is 0 Å². The molecular weight excluding hydrogens is 494 g/mol. The summed E-state index contributed by atoms with van der Waals surface area (Å²) in [7, 11) is 0. The van der Waals surface area contributed by atoms with Crippen LogP contribution in [0.15, 0.2) is 0 Å². The predicted octanol–water partition coefficient (Wildman–Crippen LogP) is -1.43. The molecule has 0 aromatic carbocycles. The van der Waals surface area contributed by atoms with Gasteiger partial charge in [0.1, 0.15) is 0 Å². The molecule has 0 amide bonds. The summed E-state index contributed by atoms with van der Waals surface area (Å²) in [5.74, 6) is 0. The van der Waals surface area contributed by atoms with E-state index in [4.69, 9.17) is 0 Å². The largest absolute Gasteiger partial charge is 3.00 e. The first-order chi connectivity index (χ1) is 0. The molecule has 0 aliphatic carbocycles. The van der Waals surface area contributed by atoms with Gasteiger partial charge in [0, 0.05) is 33.6 Å². The van der Waals surface area contributed by atoms with Crippen molar-refractivity contribution in [2.45, 2.75) is 0 Å². The first-order valence-electron chi connectivity index (χ1n) is 0. The second kappa shape index (κ2) is 73.7. The van der Waals surface area contributed by atoms with E-state index in [-0.39, 0.29) is 188 Å². The topological polar surface area (TPSA) is 85.5 Å². The van der Waals surface area contributed by atoms with Gasteiger partial charge >= 0.3 is 132 Å². The zero-order chi connectivity index (χ0) is 0. The van der Waals surface area contributed by atoms with E-state index < -0.39 is 0 Å². The summed E-state index contributed by atoms with van der Waals surface area (Å²) in [6, 6.07) is 0. The van der Waals surface area contributed by atoms with E-state index in [2.05, 4.69) is 0 Å². The van der Waals surface area contributed by atoms with Crippen molar-refractivity contribution >= 4 is 132 Å². The first-order valence-corrected chi connectivity index (χ1v) is 0. The summed E-state index contributed by atoms with van der Waals surface area (Å²) >= 11 is 0. The van der Waals surface area contributed by atoms with Gasteiger partial charge in [-0.1, -0.05) is 0 Å². The number of rotatable bonds is 0. The number of hydrogen-bond donors (Lipinski definition) is 0. The molecule has 0 aliphatic heterocycles. The average Bonchev–Trinajstić information content (AvgIpc) is 0. The normalized spacial score (nSPS) is 0. The Bertz CT molecular complexity index is 29.4. The summed E-state index contributed by atoms with van der Waals surface area (Å²) in [5.41, 5.74) is 0. The third-order valence-corrected chi connectivity index (χ3v) is 0. The molecule has 0 saturated heterocycles. The van der Waals surface area contributed by atoms with Crippen molar-refractivity contribution in [1.29, 1.82) is 0 Å². The Balaban J connectivity index is 0. The minimum absolute atomic E-state index is 0. The smallest absolute Gasteiger partial charge is 2.00 e. The van der Waals surface area contributed by atoms with Gasteiger partial charge in [-0.3, -0.25) is 0 Å². The van der Waals surface area contributed by atoms with Gasteiger partial charge in [-0.05, 0) is 0 Å². The van der Waals surface area contributed by atoms with Crippen LogP contribution in [0.25, 0.3) is 0 Å². The first kappa shape index (κ1) is 93.0. The molecule has 0 N–H and O–H groups in total. The van der Waals surface area contributed by atoms with Crippen molar-refractivity contribution in [2.75, 3.05) is 0 Å². The summed E-state index contributed by atoms with van der Waals surface area (Å²) in [6.45, 7) is 0. The molecule has 2 radical (unpaired) electrons. The second-order valence-corrected chi connectivity index (χ2v) is 0. The fourth-order valence-electron chi connectivity index (χ4n) is 0. The molecule has 0 aromatic rings. The zero-order valence-corrected chi connectivity index (χ0v) is 17.7. The van der Waals surface area contributed by atoms with Gasteiger partial charge in [0.05, 0.1) is 0 Å². The Hall–Kier alpha value is 5.10. The van der Waals surface area contributed by atoms with E-state index >= 15 is 0 Å². The molecule has 3 nitrogen and oxygen atoms in total. The van der Waals surface area contributed by atoms with Crippen LogP contribution in [0.4, 0.5) is 0 Å². The van der Waals surface area contributed by atoms with Crippen LogP contribution >= 0.6 is 0 Å². The molecule has 0 aromatic heterocycles. The van der Waals surface area contributed by atoms with Crippen molar-refractivity contribution in [1.82, 2.24) is 0 Å². The predicted molar refractivity (Wildman–Crippen MR) is 29.5 cm³/mol. The summed E-state index contributed by atoms with van der Waals surface area (Å²) in [6.07, 6.45) is 0. The Morgan fingerprint density at radius 3 is 0.556 bits per heavy atom. The van der Waals surface area contributed by atoms with Crippen LogP contribution in [0.5, 0.6) is 0 Å². The van der Waals surface area contributed by atoms with E-state index in [0.717, 1.165) is 0 Å². The zero-order valence-electron chi connectivity index (χ0n) is 8.46. The average molecular weight is 499 g/mol. The second-order valence-electron chi connectivity index (χ2n) is 0. The molecule has 0 atom stereocenters. The van der Waals surface area contributed by atoms with E-state index in [1.54, 1.807) is 0 Å². The van der Waals surface area contributed by atoms with Gasteiger partial charge in [0.25, 0.3) is 0 Å². The molecule has 9 heteroatoms. The summed E-state index contributed by atoms with van der Waals surface area (Å²) in [5, 5.41) is 0. The molecule has 0 unspecified atom stereocenters. The maximum Gasteiger partial charge on any atom is 3.00 e. The quantitative estimate of drug-likeness (QED) is 0.367. The Morgan fingerprint density at radius 1 is 0.556 bits per heavy atom. The van der Waals surface area contributed by atoms with Crippen LogP contribution in [-0.4, -0.2) is 132 Å². The minimum atomic E-state index is 0. The fourth-order valence-corrected chi connectivity index (χ4v) is 0. The van der Waals surface area contributed by atoms with Crippen molar-refractivity contribution in [2.24, 2.45) is 0 Å². The van der Waals surface area contributed by atoms with Crippen LogP contribution in [0.2, 0.25) is 0 Å². The van der Waals surface area contributed by atoms with Crippen molar-refractivity contribution in [3.63, 3.8) is 0 Å². The maximum atomic E-state index is 0. The molecule has 0 rings (SSSR count). The van der Waals surface area contributed by atoms with Gasteiger partial charge < -0.3 is 22.1 Å². The number of hydrogen-bond acceptors (Lipinski definition) is 0. The van der Waals surface area contributed by atoms with Gasteiger partial charge in [-0.25, -0.2) is 0 Å². The van der Waals surface area contributed by atoms with E-state index in [1.165, 1.54) is 0 Å². The van der Waals surface area contributed by atoms with Crippen LogP contribution in [0, 0.1) is 0 Å². The van der Waals surface area contributed by atoms with Gasteiger partial charge in [-0.15, -0.1) is 0 Å². The molecule has 0 fully saturated rings. The molecule has 50 valence electrons. The summed E-state index contributed by atoms with van der Waals surface area (Å²) in [4.78, 5) is 0. The minimum Gasteiger partial charge on any atom is -2.00 e.